The molecular formula is C26H34N2O3. The molecule has 0 unspecified atom stereocenters. The molecule has 0 radical (unpaired) electrons. The normalized spacial score (nSPS) is 13.5. The number of anilines is 1. The molecule has 166 valence electrons. The summed E-state index contributed by atoms with van der Waals surface area (Å²) in [6.45, 7) is 9.83. The molecule has 1 aliphatic heterocycles. The third-order valence-corrected chi connectivity index (χ3v) is 6.16. The van der Waals surface area contributed by atoms with Crippen LogP contribution in [0.15, 0.2) is 42.5 Å². The van der Waals surface area contributed by atoms with Crippen LogP contribution in [0.4, 0.5) is 5.69 Å². The van der Waals surface area contributed by atoms with Crippen LogP contribution < -0.4 is 15.0 Å². The zero-order valence-electron chi connectivity index (χ0n) is 19.2. The fourth-order valence-electron chi connectivity index (χ4n) is 3.67. The minimum atomic E-state index is -0.0756. The van der Waals surface area contributed by atoms with Crippen molar-refractivity contribution in [3.63, 3.8) is 0 Å². The van der Waals surface area contributed by atoms with Gasteiger partial charge in [-0.05, 0) is 53.6 Å². The highest BCUT2D eigenvalue weighted by atomic mass is 16.5. The zero-order chi connectivity index (χ0) is 22.4. The first kappa shape index (κ1) is 22.9. The number of carbonyl (C=O) groups excluding carboxylic acids is 2. The molecule has 0 bridgehead atoms. The highest BCUT2D eigenvalue weighted by molar-refractivity contribution is 5.98. The Balaban J connectivity index is 1.81. The lowest BCUT2D eigenvalue weighted by atomic mass is 9.82. The summed E-state index contributed by atoms with van der Waals surface area (Å²) in [5, 5.41) is 2.98. The van der Waals surface area contributed by atoms with Gasteiger partial charge in [0.05, 0.1) is 12.2 Å². The Morgan fingerprint density at radius 1 is 1.13 bits per heavy atom. The van der Waals surface area contributed by atoms with Gasteiger partial charge >= 0.3 is 0 Å². The molecule has 0 fully saturated rings. The van der Waals surface area contributed by atoms with E-state index in [4.69, 9.17) is 4.74 Å². The molecule has 0 saturated carbocycles. The zero-order valence-corrected chi connectivity index (χ0v) is 19.2. The molecule has 0 spiro atoms. The van der Waals surface area contributed by atoms with Gasteiger partial charge in [-0.3, -0.25) is 9.59 Å². The van der Waals surface area contributed by atoms with Crippen molar-refractivity contribution in [1.82, 2.24) is 5.32 Å². The van der Waals surface area contributed by atoms with Crippen molar-refractivity contribution in [2.75, 3.05) is 18.1 Å². The molecule has 1 aliphatic rings. The Morgan fingerprint density at radius 3 is 2.68 bits per heavy atom. The van der Waals surface area contributed by atoms with Crippen molar-refractivity contribution in [3.05, 3.63) is 59.2 Å². The number of unbranched alkanes of at least 4 members (excludes halogenated alkanes) is 2. The van der Waals surface area contributed by atoms with Crippen LogP contribution in [0.2, 0.25) is 0 Å². The van der Waals surface area contributed by atoms with Crippen molar-refractivity contribution in [2.24, 2.45) is 0 Å². The van der Waals surface area contributed by atoms with E-state index in [0.29, 0.717) is 18.7 Å². The maximum Gasteiger partial charge on any atom is 0.265 e. The number of benzene rings is 2. The lowest BCUT2D eigenvalue weighted by Crippen LogP contribution is -2.38. The van der Waals surface area contributed by atoms with Crippen LogP contribution in [0.1, 0.15) is 74.9 Å². The molecule has 2 aromatic rings. The third kappa shape index (κ3) is 5.46. The van der Waals surface area contributed by atoms with Gasteiger partial charge in [0.25, 0.3) is 11.8 Å². The summed E-state index contributed by atoms with van der Waals surface area (Å²) >= 11 is 0. The van der Waals surface area contributed by atoms with E-state index >= 15 is 0 Å². The first-order valence-electron chi connectivity index (χ1n) is 11.3. The monoisotopic (exact) mass is 422 g/mol. The highest BCUT2D eigenvalue weighted by Crippen LogP contribution is 2.38. The summed E-state index contributed by atoms with van der Waals surface area (Å²) in [5.74, 6) is 0.576. The van der Waals surface area contributed by atoms with Crippen molar-refractivity contribution in [2.45, 2.75) is 65.3 Å². The van der Waals surface area contributed by atoms with Crippen LogP contribution in [-0.2, 0) is 16.8 Å². The summed E-state index contributed by atoms with van der Waals surface area (Å²) in [6, 6.07) is 13.6. The van der Waals surface area contributed by atoms with Crippen LogP contribution in [0.5, 0.6) is 5.75 Å². The molecule has 0 atom stereocenters. The van der Waals surface area contributed by atoms with Crippen LogP contribution in [-0.4, -0.2) is 25.0 Å². The Labute approximate surface area is 185 Å². The van der Waals surface area contributed by atoms with E-state index < -0.39 is 0 Å². The number of amides is 2. The molecule has 5 heteroatoms. The summed E-state index contributed by atoms with van der Waals surface area (Å²) in [6.07, 6.45) is 4.21. The Kier molecular flexibility index (Phi) is 7.37. The van der Waals surface area contributed by atoms with E-state index in [1.807, 2.05) is 30.3 Å². The number of fused-ring (bicyclic) bond motifs is 1. The number of rotatable bonds is 9. The van der Waals surface area contributed by atoms with Crippen molar-refractivity contribution >= 4 is 17.5 Å². The topological polar surface area (TPSA) is 58.6 Å². The van der Waals surface area contributed by atoms with Gasteiger partial charge in [0, 0.05) is 12.1 Å². The predicted molar refractivity (Wildman–Crippen MR) is 125 cm³/mol. The highest BCUT2D eigenvalue weighted by Gasteiger charge is 2.28. The maximum atomic E-state index is 12.7. The summed E-state index contributed by atoms with van der Waals surface area (Å²) < 4.78 is 5.68. The van der Waals surface area contributed by atoms with E-state index in [9.17, 15) is 9.59 Å². The summed E-state index contributed by atoms with van der Waals surface area (Å²) in [4.78, 5) is 27.0. The molecule has 0 saturated heterocycles. The second-order valence-electron chi connectivity index (χ2n) is 8.85. The largest absolute Gasteiger partial charge is 0.482 e. The summed E-state index contributed by atoms with van der Waals surface area (Å²) in [5.41, 5.74) is 3.53. The first-order valence-corrected chi connectivity index (χ1v) is 11.3. The molecule has 0 aliphatic carbocycles. The smallest absolute Gasteiger partial charge is 0.265 e. The van der Waals surface area contributed by atoms with Gasteiger partial charge in [-0.1, -0.05) is 58.7 Å². The fraction of sp³-hybridized carbons (Fsp3) is 0.462. The minimum absolute atomic E-state index is 0.0109. The second-order valence-corrected chi connectivity index (χ2v) is 8.85. The third-order valence-electron chi connectivity index (χ3n) is 6.16. The Morgan fingerprint density at radius 2 is 1.94 bits per heavy atom. The van der Waals surface area contributed by atoms with E-state index in [2.05, 4.69) is 45.1 Å². The van der Waals surface area contributed by atoms with Gasteiger partial charge < -0.3 is 15.0 Å². The first-order chi connectivity index (χ1) is 14.9. The molecular weight excluding hydrogens is 388 g/mol. The average molecular weight is 423 g/mol. The van der Waals surface area contributed by atoms with E-state index in [1.54, 1.807) is 4.90 Å². The molecule has 2 amide bonds. The van der Waals surface area contributed by atoms with Crippen LogP contribution in [0, 0.1) is 0 Å². The van der Waals surface area contributed by atoms with Crippen LogP contribution in [0.3, 0.4) is 0 Å². The lowest BCUT2D eigenvalue weighted by molar-refractivity contribution is -0.121. The second kappa shape index (κ2) is 9.99. The SMILES string of the molecule is CCCCCNC(=O)c1cccc(CN2C(=O)COc3ccc(C(C)(C)CC)cc32)c1. The number of nitrogens with one attached hydrogen (secondary N) is 1. The number of ether oxygens (including phenoxy) is 1. The number of hydrogen-bond donors (Lipinski definition) is 1. The van der Waals surface area contributed by atoms with Gasteiger partial charge in [-0.25, -0.2) is 0 Å². The van der Waals surface area contributed by atoms with Crippen LogP contribution >= 0.6 is 0 Å². The van der Waals surface area contributed by atoms with Gasteiger partial charge in [-0.15, -0.1) is 0 Å². The van der Waals surface area contributed by atoms with E-state index in [0.717, 1.165) is 42.7 Å². The molecule has 5 nitrogen and oxygen atoms in total. The fourth-order valence-corrected chi connectivity index (χ4v) is 3.67. The molecule has 2 aromatic carbocycles. The van der Waals surface area contributed by atoms with Gasteiger partial charge in [0.1, 0.15) is 5.75 Å². The molecule has 1 heterocycles. The van der Waals surface area contributed by atoms with Gasteiger partial charge in [0.2, 0.25) is 0 Å². The van der Waals surface area contributed by atoms with Gasteiger partial charge in [0.15, 0.2) is 6.61 Å². The molecule has 3 rings (SSSR count). The van der Waals surface area contributed by atoms with E-state index in [-0.39, 0.29) is 23.8 Å². The van der Waals surface area contributed by atoms with Crippen LogP contribution in [0.25, 0.3) is 0 Å². The quantitative estimate of drug-likeness (QED) is 0.564. The van der Waals surface area contributed by atoms with Gasteiger partial charge in [-0.2, -0.15) is 0 Å². The Hall–Kier alpha value is -2.82. The minimum Gasteiger partial charge on any atom is -0.482 e. The van der Waals surface area contributed by atoms with Crippen molar-refractivity contribution in [3.8, 4) is 5.75 Å². The molecule has 1 N–H and O–H groups in total. The standard InChI is InChI=1S/C26H34N2O3/c1-5-7-8-14-27-25(30)20-11-9-10-19(15-20)17-28-22-16-21(26(3,4)6-2)12-13-23(22)31-18-24(28)29/h9-13,15-16H,5-8,14,17-18H2,1-4H3,(H,27,30). The van der Waals surface area contributed by atoms with Crippen molar-refractivity contribution < 1.29 is 14.3 Å². The van der Waals surface area contributed by atoms with Crippen molar-refractivity contribution in [1.29, 1.82) is 0 Å². The Bertz CT molecular complexity index is 936. The summed E-state index contributed by atoms with van der Waals surface area (Å²) in [7, 11) is 0. The lowest BCUT2D eigenvalue weighted by Gasteiger charge is -2.32. The number of carbonyl (C=O) groups is 2. The molecule has 0 aromatic heterocycles. The number of nitrogens with zero attached hydrogens (tertiary/aromatic N) is 1. The molecule has 31 heavy (non-hydrogen) atoms. The van der Waals surface area contributed by atoms with E-state index in [1.165, 1.54) is 5.56 Å². The number of hydrogen-bond acceptors (Lipinski definition) is 3. The predicted octanol–water partition coefficient (Wildman–Crippen LogP) is 5.22. The maximum absolute atomic E-state index is 12.7. The average Bonchev–Trinajstić information content (AvgIpc) is 2.78.